The number of rotatable bonds is 14. The van der Waals surface area contributed by atoms with Crippen molar-refractivity contribution in [2.75, 3.05) is 6.61 Å². The van der Waals surface area contributed by atoms with Gasteiger partial charge in [0.05, 0.1) is 42.0 Å². The number of amides is 1. The third-order valence-electron chi connectivity index (χ3n) is 11.8. The van der Waals surface area contributed by atoms with Gasteiger partial charge in [0.15, 0.2) is 14.0 Å². The summed E-state index contributed by atoms with van der Waals surface area (Å²) in [6, 6.07) is 5.55. The van der Waals surface area contributed by atoms with Crippen molar-refractivity contribution in [3.8, 4) is 0 Å². The van der Waals surface area contributed by atoms with E-state index in [2.05, 4.69) is 31.2 Å². The van der Waals surface area contributed by atoms with E-state index < -0.39 is 60.9 Å². The van der Waals surface area contributed by atoms with Gasteiger partial charge in [0.2, 0.25) is 0 Å². The van der Waals surface area contributed by atoms with Crippen LogP contribution in [0.5, 0.6) is 0 Å². The van der Waals surface area contributed by atoms with E-state index in [0.717, 1.165) is 41.9 Å². The second kappa shape index (κ2) is 14.7. The van der Waals surface area contributed by atoms with Crippen LogP contribution < -0.4 is 5.32 Å². The molecule has 1 aromatic heterocycles. The van der Waals surface area contributed by atoms with Gasteiger partial charge in [-0.3, -0.25) is 14.3 Å². The quantitative estimate of drug-likeness (QED) is 0.118. The molecular formula is C36H49Cl2F4N3O4Si. The highest BCUT2D eigenvalue weighted by Gasteiger charge is 2.65. The van der Waals surface area contributed by atoms with Crippen molar-refractivity contribution >= 4 is 43.4 Å². The van der Waals surface area contributed by atoms with Crippen LogP contribution in [0.3, 0.4) is 0 Å². The van der Waals surface area contributed by atoms with Gasteiger partial charge in [0, 0.05) is 22.0 Å². The summed E-state index contributed by atoms with van der Waals surface area (Å²) < 4.78 is 74.3. The monoisotopic (exact) mass is 761 g/mol. The summed E-state index contributed by atoms with van der Waals surface area (Å²) in [5.41, 5.74) is -4.15. The fourth-order valence-corrected chi connectivity index (χ4v) is 11.7. The Hall–Kier alpha value is -2.15. The van der Waals surface area contributed by atoms with E-state index in [1.54, 1.807) is 32.0 Å². The average molecular weight is 763 g/mol. The molecule has 2 aromatic rings. The summed E-state index contributed by atoms with van der Waals surface area (Å²) in [5.74, 6) is -1.43. The van der Waals surface area contributed by atoms with E-state index >= 15 is 4.39 Å². The molecule has 0 radical (unpaired) electrons. The molecule has 5 rings (SSSR count). The topological polar surface area (TPSA) is 82.5 Å². The van der Waals surface area contributed by atoms with Crippen molar-refractivity contribution in [2.24, 2.45) is 10.8 Å². The minimum atomic E-state index is -4.92. The number of esters is 1. The Balaban J connectivity index is 1.47. The molecular weight excluding hydrogens is 713 g/mol. The third-order valence-corrected chi connectivity index (χ3v) is 17.1. The first-order valence-corrected chi connectivity index (χ1v) is 21.2. The predicted molar refractivity (Wildman–Crippen MR) is 188 cm³/mol. The number of hydrogen-bond acceptors (Lipinski definition) is 5. The van der Waals surface area contributed by atoms with Gasteiger partial charge in [-0.2, -0.15) is 18.3 Å². The molecule has 1 spiro atoms. The van der Waals surface area contributed by atoms with Gasteiger partial charge < -0.3 is 14.5 Å². The molecule has 1 N–H and O–H groups in total. The summed E-state index contributed by atoms with van der Waals surface area (Å²) >= 11 is 13.4. The van der Waals surface area contributed by atoms with Gasteiger partial charge in [0.1, 0.15) is 5.67 Å². The lowest BCUT2D eigenvalue weighted by atomic mass is 9.64. The Labute approximate surface area is 303 Å². The predicted octanol–water partition coefficient (Wildman–Crippen LogP) is 10.4. The lowest BCUT2D eigenvalue weighted by molar-refractivity contribution is -0.157. The number of nitrogens with zero attached hydrogens (tertiary/aromatic N) is 2. The van der Waals surface area contributed by atoms with Crippen molar-refractivity contribution < 1.29 is 36.3 Å². The van der Waals surface area contributed by atoms with Crippen molar-refractivity contribution in [3.05, 3.63) is 51.3 Å². The molecule has 0 aliphatic heterocycles. The van der Waals surface area contributed by atoms with Crippen LogP contribution in [0.1, 0.15) is 126 Å². The van der Waals surface area contributed by atoms with Gasteiger partial charge in [-0.15, -0.1) is 0 Å². The van der Waals surface area contributed by atoms with Crippen molar-refractivity contribution in [2.45, 2.75) is 141 Å². The molecule has 3 aliphatic rings. The zero-order chi connectivity index (χ0) is 36.7. The fraction of sp³-hybridized carbons (Fsp3) is 0.694. The lowest BCUT2D eigenvalue weighted by Gasteiger charge is -2.48. The van der Waals surface area contributed by atoms with E-state index in [0.29, 0.717) is 28.5 Å². The molecule has 1 amide bonds. The van der Waals surface area contributed by atoms with Crippen LogP contribution in [0.25, 0.3) is 0 Å². The van der Waals surface area contributed by atoms with Gasteiger partial charge in [-0.25, -0.2) is 4.39 Å². The number of hydrogen-bond donors (Lipinski definition) is 1. The number of carbonyl (C=O) groups excluding carboxylic acids is 2. The summed E-state index contributed by atoms with van der Waals surface area (Å²) in [4.78, 5) is 26.5. The number of alkyl halides is 4. The van der Waals surface area contributed by atoms with Crippen LogP contribution >= 0.6 is 23.2 Å². The first-order valence-electron chi connectivity index (χ1n) is 17.9. The van der Waals surface area contributed by atoms with Gasteiger partial charge in [-0.05, 0) is 101 Å². The Kier molecular flexibility index (Phi) is 11.5. The number of carbonyl (C=O) groups is 2. The largest absolute Gasteiger partial charge is 0.466 e. The number of nitrogens with one attached hydrogen (secondary N) is 1. The second-order valence-corrected chi connectivity index (χ2v) is 20.5. The molecule has 14 heteroatoms. The Morgan fingerprint density at radius 3 is 2.12 bits per heavy atom. The highest BCUT2D eigenvalue weighted by atomic mass is 35.5. The number of aromatic nitrogens is 2. The molecule has 2 atom stereocenters. The SMILES string of the molecule is CCOC(=O)C1(C)CCC(n2ncc(C(=O)N[C@H](C[C@@H](O[Si](CC)(CC)CC)c3c(Cl)cccc3Cl)C3(F)CC4(CC4)C3)c2C(F)(F)F)CC1. The van der Waals surface area contributed by atoms with Crippen LogP contribution in [0.2, 0.25) is 28.2 Å². The smallest absolute Gasteiger partial charge is 0.433 e. The van der Waals surface area contributed by atoms with Gasteiger partial charge >= 0.3 is 12.1 Å². The molecule has 1 aromatic carbocycles. The molecule has 0 unspecified atom stereocenters. The molecule has 3 saturated carbocycles. The first kappa shape index (κ1) is 39.1. The average Bonchev–Trinajstić information content (AvgIpc) is 3.68. The molecule has 0 bridgehead atoms. The molecule has 50 heavy (non-hydrogen) atoms. The van der Waals surface area contributed by atoms with E-state index in [4.69, 9.17) is 32.4 Å². The molecule has 1 heterocycles. The summed E-state index contributed by atoms with van der Waals surface area (Å²) in [6.45, 7) is 9.86. The maximum atomic E-state index is 17.0. The summed E-state index contributed by atoms with van der Waals surface area (Å²) in [6.07, 6.45) is -1.55. The lowest BCUT2D eigenvalue weighted by Crippen LogP contribution is -2.58. The minimum absolute atomic E-state index is 0.0545. The van der Waals surface area contributed by atoms with Crippen molar-refractivity contribution in [3.63, 3.8) is 0 Å². The normalized spacial score (nSPS) is 23.9. The molecule has 7 nitrogen and oxygen atoms in total. The second-order valence-electron chi connectivity index (χ2n) is 15.0. The van der Waals surface area contributed by atoms with E-state index in [1.165, 1.54) is 0 Å². The molecule has 3 aliphatic carbocycles. The Morgan fingerprint density at radius 1 is 1.04 bits per heavy atom. The van der Waals surface area contributed by atoms with Crippen LogP contribution in [0, 0.1) is 10.8 Å². The maximum Gasteiger partial charge on any atom is 0.433 e. The van der Waals surface area contributed by atoms with Crippen LogP contribution in [0.4, 0.5) is 17.6 Å². The van der Waals surface area contributed by atoms with E-state index in [-0.39, 0.29) is 50.1 Å². The Bertz CT molecular complexity index is 1520. The molecule has 3 fully saturated rings. The fourth-order valence-electron chi connectivity index (χ4n) is 8.25. The number of benzene rings is 1. The number of ether oxygens (including phenoxy) is 1. The highest BCUT2D eigenvalue weighted by Crippen LogP contribution is 2.67. The molecule has 0 saturated heterocycles. The van der Waals surface area contributed by atoms with Crippen molar-refractivity contribution in [1.29, 1.82) is 0 Å². The minimum Gasteiger partial charge on any atom is -0.466 e. The van der Waals surface area contributed by atoms with Gasteiger partial charge in [-0.1, -0.05) is 50.0 Å². The zero-order valence-electron chi connectivity index (χ0n) is 29.5. The van der Waals surface area contributed by atoms with Gasteiger partial charge in [0.25, 0.3) is 5.91 Å². The van der Waals surface area contributed by atoms with E-state index in [9.17, 15) is 22.8 Å². The first-order chi connectivity index (χ1) is 23.5. The molecule has 278 valence electrons. The maximum absolute atomic E-state index is 17.0. The van der Waals surface area contributed by atoms with Crippen LogP contribution in [0.15, 0.2) is 24.4 Å². The standard InChI is InChI=1S/C36H49Cl2F4N3O4Si/c1-6-48-32(47)33(5)15-13-23(14-16-33)45-30(36(40,41)42)24(20-43-45)31(46)44-28(35(39)21-34(22-35)17-18-34)19-27(49-50(7-2,8-3)9-4)29-25(37)11-10-12-26(29)38/h10-12,20,23,27-28H,6-9,13-19,21-22H2,1-5H3,(H,44,46)/t23?,27-,28-,33?/m1/s1. The van der Waals surface area contributed by atoms with Crippen LogP contribution in [-0.4, -0.2) is 48.3 Å². The third kappa shape index (κ3) is 7.78. The van der Waals surface area contributed by atoms with Crippen molar-refractivity contribution in [1.82, 2.24) is 15.1 Å². The van der Waals surface area contributed by atoms with Crippen LogP contribution in [-0.2, 0) is 20.1 Å². The number of halogens is 6. The zero-order valence-corrected chi connectivity index (χ0v) is 32.0. The summed E-state index contributed by atoms with van der Waals surface area (Å²) in [7, 11) is -2.36. The Morgan fingerprint density at radius 2 is 1.62 bits per heavy atom. The highest BCUT2D eigenvalue weighted by molar-refractivity contribution is 6.73. The van der Waals surface area contributed by atoms with E-state index in [1.807, 2.05) is 0 Å². The summed E-state index contributed by atoms with van der Waals surface area (Å²) in [5, 5.41) is 7.47.